The number of benzene rings is 1. The molecular weight excluding hydrogens is 434 g/mol. The van der Waals surface area contributed by atoms with E-state index in [4.69, 9.17) is 9.47 Å². The number of hydrogen-bond acceptors (Lipinski definition) is 4. The number of phenolic OH excluding ortho intramolecular Hbond substituents is 1. The first-order valence-corrected chi connectivity index (χ1v) is 10.8. The number of rotatable bonds is 4. The summed E-state index contributed by atoms with van der Waals surface area (Å²) in [7, 11) is 2.26. The third kappa shape index (κ3) is 2.37. The molecule has 160 valence electrons. The number of piperidine rings is 1. The van der Waals surface area contributed by atoms with E-state index in [0.29, 0.717) is 30.7 Å². The highest BCUT2D eigenvalue weighted by molar-refractivity contribution is 5.94. The maximum Gasteiger partial charge on any atom is 0.177 e. The first-order chi connectivity index (χ1) is 13.3. The van der Waals surface area contributed by atoms with Crippen LogP contribution >= 0.6 is 0 Å². The Balaban J connectivity index is 0.00000205. The molecule has 0 radical (unpaired) electrons. The number of nitrogens with one attached hydrogen (secondary N) is 1. The van der Waals surface area contributed by atoms with Crippen molar-refractivity contribution >= 4 is 5.78 Å². The molecular formula is C23H32BrNO4. The van der Waals surface area contributed by atoms with Crippen LogP contribution in [0.2, 0.25) is 0 Å². The summed E-state index contributed by atoms with van der Waals surface area (Å²) in [5.74, 6) is 1.41. The number of likely N-dealkylation sites (tertiary alicyclic amines) is 1. The van der Waals surface area contributed by atoms with E-state index in [-0.39, 0.29) is 28.5 Å². The van der Waals surface area contributed by atoms with Gasteiger partial charge in [-0.15, -0.1) is 0 Å². The molecule has 1 spiro atoms. The number of ether oxygens (including phenoxy) is 2. The van der Waals surface area contributed by atoms with Crippen LogP contribution in [0, 0.1) is 5.92 Å². The van der Waals surface area contributed by atoms with Crippen molar-refractivity contribution in [3.05, 3.63) is 23.3 Å². The van der Waals surface area contributed by atoms with Crippen LogP contribution in [0.4, 0.5) is 0 Å². The molecule has 1 aromatic carbocycles. The number of carbonyl (C=O) groups excluding carboxylic acids is 1. The number of ketones is 1. The third-order valence-corrected chi connectivity index (χ3v) is 8.28. The number of carbonyl (C=O) groups is 1. The van der Waals surface area contributed by atoms with Gasteiger partial charge in [0.1, 0.15) is 11.6 Å². The van der Waals surface area contributed by atoms with Crippen molar-refractivity contribution in [2.24, 2.45) is 5.92 Å². The summed E-state index contributed by atoms with van der Waals surface area (Å²) >= 11 is 0. The minimum Gasteiger partial charge on any atom is -1.00 e. The van der Waals surface area contributed by atoms with Gasteiger partial charge in [0, 0.05) is 31.4 Å². The topological polar surface area (TPSA) is 60.2 Å². The summed E-state index contributed by atoms with van der Waals surface area (Å²) in [4.78, 5) is 14.8. The smallest absolute Gasteiger partial charge is 0.177 e. The van der Waals surface area contributed by atoms with Crippen molar-refractivity contribution < 1.29 is 41.3 Å². The van der Waals surface area contributed by atoms with Gasteiger partial charge in [-0.1, -0.05) is 19.9 Å². The lowest BCUT2D eigenvalue weighted by Crippen LogP contribution is -3.19. The number of Topliss-reactive ketones (excluding diaryl/α,β-unsaturated/α-hetero) is 1. The molecule has 0 amide bonds. The van der Waals surface area contributed by atoms with Crippen LogP contribution < -0.4 is 26.6 Å². The molecule has 2 aliphatic heterocycles. The Kier molecular flexibility index (Phi) is 4.88. The van der Waals surface area contributed by atoms with Crippen LogP contribution in [0.25, 0.3) is 0 Å². The van der Waals surface area contributed by atoms with Crippen LogP contribution in [-0.4, -0.2) is 48.3 Å². The second-order valence-electron chi connectivity index (χ2n) is 9.94. The Bertz CT molecular complexity index is 858. The van der Waals surface area contributed by atoms with Gasteiger partial charge in [-0.3, -0.25) is 4.79 Å². The fraction of sp³-hybridized carbons (Fsp3) is 0.696. The van der Waals surface area contributed by atoms with Crippen molar-refractivity contribution in [2.75, 3.05) is 20.2 Å². The van der Waals surface area contributed by atoms with Gasteiger partial charge in [0.05, 0.1) is 19.0 Å². The SMILES string of the molecule is CC(C)CCO[C@@]12CCC(=O)[C@]3(C)Oc4c(O)ccc5c4[C@@]31CC[NH+](C)[C@@H]2C5.[Br-]. The van der Waals surface area contributed by atoms with E-state index in [9.17, 15) is 9.90 Å². The fourth-order valence-corrected chi connectivity index (χ4v) is 6.88. The van der Waals surface area contributed by atoms with E-state index in [2.05, 4.69) is 20.9 Å². The average Bonchev–Trinajstić information content (AvgIpc) is 2.93. The molecule has 5 rings (SSSR count). The van der Waals surface area contributed by atoms with Crippen LogP contribution in [0.5, 0.6) is 11.5 Å². The first kappa shape index (κ1) is 21.1. The Morgan fingerprint density at radius 1 is 1.34 bits per heavy atom. The van der Waals surface area contributed by atoms with Crippen LogP contribution in [0.1, 0.15) is 57.6 Å². The minimum atomic E-state index is -0.960. The van der Waals surface area contributed by atoms with Gasteiger partial charge in [0.2, 0.25) is 0 Å². The quantitative estimate of drug-likeness (QED) is 0.585. The maximum atomic E-state index is 13.3. The summed E-state index contributed by atoms with van der Waals surface area (Å²) in [5.41, 5.74) is 0.407. The van der Waals surface area contributed by atoms with Gasteiger partial charge in [-0.2, -0.15) is 0 Å². The van der Waals surface area contributed by atoms with E-state index in [1.165, 1.54) is 10.5 Å². The van der Waals surface area contributed by atoms with Crippen molar-refractivity contribution in [3.63, 3.8) is 0 Å². The normalized spacial score (nSPS) is 39.0. The van der Waals surface area contributed by atoms with Crippen LogP contribution in [0.3, 0.4) is 0 Å². The van der Waals surface area contributed by atoms with E-state index >= 15 is 0 Å². The highest BCUT2D eigenvalue weighted by Crippen LogP contribution is 2.67. The molecule has 2 fully saturated rings. The number of likely N-dealkylation sites (N-methyl/N-ethyl adjacent to an activating group) is 1. The number of quaternary nitrogens is 1. The monoisotopic (exact) mass is 465 g/mol. The summed E-state index contributed by atoms with van der Waals surface area (Å²) in [5, 5.41) is 10.6. The van der Waals surface area contributed by atoms with Crippen LogP contribution in [-0.2, 0) is 21.4 Å². The lowest BCUT2D eigenvalue weighted by Gasteiger charge is -2.64. The number of halogens is 1. The molecule has 1 saturated carbocycles. The highest BCUT2D eigenvalue weighted by atomic mass is 79.9. The van der Waals surface area contributed by atoms with Crippen molar-refractivity contribution in [3.8, 4) is 11.5 Å². The summed E-state index contributed by atoms with van der Waals surface area (Å²) in [6.07, 6.45) is 4.00. The molecule has 6 heteroatoms. The molecule has 29 heavy (non-hydrogen) atoms. The molecule has 2 heterocycles. The highest BCUT2D eigenvalue weighted by Gasteiger charge is 2.80. The van der Waals surface area contributed by atoms with Crippen molar-refractivity contribution in [2.45, 2.75) is 75.5 Å². The maximum absolute atomic E-state index is 13.3. The van der Waals surface area contributed by atoms with Gasteiger partial charge in [-0.05, 0) is 37.3 Å². The van der Waals surface area contributed by atoms with Gasteiger partial charge in [0.15, 0.2) is 22.9 Å². The van der Waals surface area contributed by atoms with Crippen molar-refractivity contribution in [1.29, 1.82) is 0 Å². The number of aromatic hydroxyl groups is 1. The summed E-state index contributed by atoms with van der Waals surface area (Å²) in [6.45, 7) is 8.09. The molecule has 2 bridgehead atoms. The van der Waals surface area contributed by atoms with Gasteiger partial charge in [0.25, 0.3) is 0 Å². The first-order valence-electron chi connectivity index (χ1n) is 10.8. The predicted molar refractivity (Wildman–Crippen MR) is 105 cm³/mol. The summed E-state index contributed by atoms with van der Waals surface area (Å²) in [6, 6.07) is 4.06. The van der Waals surface area contributed by atoms with E-state index in [1.807, 2.05) is 13.0 Å². The fourth-order valence-electron chi connectivity index (χ4n) is 6.88. The molecule has 1 aromatic rings. The largest absolute Gasteiger partial charge is 1.00 e. The second kappa shape index (κ2) is 6.69. The molecule has 2 N–H and O–H groups in total. The summed E-state index contributed by atoms with van der Waals surface area (Å²) < 4.78 is 13.3. The standard InChI is InChI=1S/C23H31NO4.BrH/c1-14(2)8-12-27-23-9-7-18(26)21(3)22(23)10-11-24(4)17(23)13-15-5-6-16(25)20(28-21)19(15)22;/h5-6,14,17,25H,7-13H2,1-4H3;1H/t17-,21+,22+,23-;/m1./s1. The third-order valence-electron chi connectivity index (χ3n) is 8.28. The lowest BCUT2D eigenvalue weighted by molar-refractivity contribution is -0.924. The predicted octanol–water partition coefficient (Wildman–Crippen LogP) is -1.21. The molecule has 5 atom stereocenters. The molecule has 5 nitrogen and oxygen atoms in total. The molecule has 1 unspecified atom stereocenters. The number of hydrogen-bond donors (Lipinski definition) is 2. The minimum absolute atomic E-state index is 0. The Hall–Kier alpha value is -1.11. The lowest BCUT2D eigenvalue weighted by atomic mass is 9.45. The zero-order valence-corrected chi connectivity index (χ0v) is 19.4. The average molecular weight is 466 g/mol. The molecule has 2 aliphatic carbocycles. The van der Waals surface area contributed by atoms with Gasteiger partial charge >= 0.3 is 0 Å². The molecule has 1 saturated heterocycles. The van der Waals surface area contributed by atoms with E-state index in [0.717, 1.165) is 37.8 Å². The van der Waals surface area contributed by atoms with Gasteiger partial charge in [-0.25, -0.2) is 0 Å². The zero-order valence-electron chi connectivity index (χ0n) is 17.8. The Morgan fingerprint density at radius 2 is 2.10 bits per heavy atom. The Morgan fingerprint density at radius 3 is 2.83 bits per heavy atom. The second-order valence-corrected chi connectivity index (χ2v) is 9.94. The number of phenols is 1. The molecule has 4 aliphatic rings. The Labute approximate surface area is 183 Å². The zero-order chi connectivity index (χ0) is 19.9. The van der Waals surface area contributed by atoms with Gasteiger partial charge < -0.3 is 36.5 Å². The van der Waals surface area contributed by atoms with Crippen molar-refractivity contribution in [1.82, 2.24) is 0 Å². The van der Waals surface area contributed by atoms with Crippen LogP contribution in [0.15, 0.2) is 12.1 Å². The van der Waals surface area contributed by atoms with E-state index < -0.39 is 16.6 Å². The van der Waals surface area contributed by atoms with E-state index in [1.54, 1.807) is 6.07 Å². The molecule has 0 aromatic heterocycles.